The molecule has 0 unspecified atom stereocenters. The van der Waals surface area contributed by atoms with Crippen LogP contribution in [0.3, 0.4) is 0 Å². The van der Waals surface area contributed by atoms with Gasteiger partial charge >= 0.3 is 0 Å². The Morgan fingerprint density at radius 2 is 2.05 bits per heavy atom. The second-order valence-electron chi connectivity index (χ2n) is 5.37. The maximum atomic E-state index is 5.97. The molecule has 0 bridgehead atoms. The molecule has 20 heavy (non-hydrogen) atoms. The summed E-state index contributed by atoms with van der Waals surface area (Å²) in [5.41, 5.74) is 6.59. The van der Waals surface area contributed by atoms with Crippen molar-refractivity contribution in [1.82, 2.24) is 9.38 Å². The predicted octanol–water partition coefficient (Wildman–Crippen LogP) is 2.96. The highest BCUT2D eigenvalue weighted by molar-refractivity contribution is 6.21. The van der Waals surface area contributed by atoms with E-state index in [4.69, 9.17) is 4.42 Å². The highest BCUT2D eigenvalue weighted by Gasteiger charge is 2.22. The van der Waals surface area contributed by atoms with Crippen molar-refractivity contribution in [2.24, 2.45) is 7.05 Å². The van der Waals surface area contributed by atoms with Crippen molar-refractivity contribution in [3.05, 3.63) is 42.5 Å². The fraction of sp³-hybridized carbons (Fsp3) is 0.125. The molecule has 1 aromatic carbocycles. The molecule has 0 saturated carbocycles. The summed E-state index contributed by atoms with van der Waals surface area (Å²) < 4.78 is 10.2. The minimum absolute atomic E-state index is 0.934. The minimum atomic E-state index is 0.934. The van der Waals surface area contributed by atoms with Crippen molar-refractivity contribution in [3.8, 4) is 0 Å². The van der Waals surface area contributed by atoms with Gasteiger partial charge < -0.3 is 8.82 Å². The number of aryl methyl sites for hydroxylation is 2. The number of benzene rings is 1. The van der Waals surface area contributed by atoms with E-state index in [1.54, 1.807) is 0 Å². The number of nitrogens with zero attached hydrogens (tertiary/aromatic N) is 3. The van der Waals surface area contributed by atoms with E-state index in [-0.39, 0.29) is 0 Å². The third kappa shape index (κ3) is 0.966. The maximum Gasteiger partial charge on any atom is 0.286 e. The number of rotatable bonds is 0. The van der Waals surface area contributed by atoms with Gasteiger partial charge in [-0.1, -0.05) is 11.1 Å². The summed E-state index contributed by atoms with van der Waals surface area (Å²) in [6.45, 7) is 2.15. The number of fused-ring (bicyclic) bond motifs is 3. The van der Waals surface area contributed by atoms with Gasteiger partial charge in [0.1, 0.15) is 16.6 Å². The van der Waals surface area contributed by atoms with Crippen LogP contribution in [-0.4, -0.2) is 9.38 Å². The van der Waals surface area contributed by atoms with Gasteiger partial charge in [-0.15, -0.1) is 0 Å². The third-order valence-electron chi connectivity index (χ3n) is 4.21. The third-order valence-corrected chi connectivity index (χ3v) is 4.21. The monoisotopic (exact) mass is 262 g/mol. The Hall–Kier alpha value is -2.62. The number of hydrogen-bond acceptors (Lipinski definition) is 2. The largest absolute Gasteiger partial charge is 0.454 e. The molecule has 5 aromatic rings. The second-order valence-corrected chi connectivity index (χ2v) is 5.37. The second kappa shape index (κ2) is 3.10. The fourth-order valence-electron chi connectivity index (χ4n) is 3.36. The standard InChI is InChI=1S/C16H12N3O/c1-9-3-4-11-14-13(9)15-10(7-17-8-18(15)2)19-6-5-12(20-11)16(14)19/h3-8H,1-2H3/q+1. The van der Waals surface area contributed by atoms with E-state index in [9.17, 15) is 0 Å². The molecule has 0 saturated heterocycles. The van der Waals surface area contributed by atoms with Crippen molar-refractivity contribution in [2.45, 2.75) is 6.92 Å². The lowest BCUT2D eigenvalue weighted by atomic mass is 10.0. The molecule has 0 spiro atoms. The van der Waals surface area contributed by atoms with E-state index in [1.807, 2.05) is 25.6 Å². The van der Waals surface area contributed by atoms with Crippen LogP contribution in [0.4, 0.5) is 0 Å². The molecule has 4 nitrogen and oxygen atoms in total. The SMILES string of the molecule is Cc1ccc2oc3ccn4c5cnc[n+](C)c5c1c2c34. The molecule has 0 fully saturated rings. The molecule has 96 valence electrons. The zero-order valence-electron chi connectivity index (χ0n) is 11.2. The lowest BCUT2D eigenvalue weighted by Gasteiger charge is -2.08. The van der Waals surface area contributed by atoms with E-state index in [0.29, 0.717) is 0 Å². The molecular formula is C16H12N3O+. The van der Waals surface area contributed by atoms with E-state index < -0.39 is 0 Å². The van der Waals surface area contributed by atoms with Gasteiger partial charge in [-0.3, -0.25) is 0 Å². The first-order valence-corrected chi connectivity index (χ1v) is 6.63. The molecule has 0 atom stereocenters. The molecule has 4 heteroatoms. The number of hydrogen-bond donors (Lipinski definition) is 0. The van der Waals surface area contributed by atoms with Gasteiger partial charge in [0, 0.05) is 11.6 Å². The predicted molar refractivity (Wildman–Crippen MR) is 77.1 cm³/mol. The maximum absolute atomic E-state index is 5.97. The number of furan rings is 1. The van der Waals surface area contributed by atoms with Crippen LogP contribution in [0.15, 0.2) is 41.3 Å². The molecule has 0 amide bonds. The summed E-state index contributed by atoms with van der Waals surface area (Å²) in [6.07, 6.45) is 5.82. The quantitative estimate of drug-likeness (QED) is 0.317. The van der Waals surface area contributed by atoms with Crippen LogP contribution in [0, 0.1) is 6.92 Å². The summed E-state index contributed by atoms with van der Waals surface area (Å²) in [5.74, 6) is 0. The van der Waals surface area contributed by atoms with Crippen LogP contribution in [0.2, 0.25) is 0 Å². The Kier molecular flexibility index (Phi) is 1.58. The molecule has 5 rings (SSSR count). The van der Waals surface area contributed by atoms with Crippen molar-refractivity contribution in [3.63, 3.8) is 0 Å². The van der Waals surface area contributed by atoms with Crippen molar-refractivity contribution < 1.29 is 8.98 Å². The van der Waals surface area contributed by atoms with Gasteiger partial charge in [0.25, 0.3) is 6.33 Å². The van der Waals surface area contributed by atoms with E-state index in [0.717, 1.165) is 22.2 Å². The van der Waals surface area contributed by atoms with Gasteiger partial charge in [-0.05, 0) is 24.6 Å². The van der Waals surface area contributed by atoms with Crippen LogP contribution < -0.4 is 4.57 Å². The molecule has 0 radical (unpaired) electrons. The zero-order valence-corrected chi connectivity index (χ0v) is 11.2. The van der Waals surface area contributed by atoms with Crippen LogP contribution in [0.1, 0.15) is 5.56 Å². The van der Waals surface area contributed by atoms with Gasteiger partial charge in [0.05, 0.1) is 12.4 Å². The summed E-state index contributed by atoms with van der Waals surface area (Å²) in [4.78, 5) is 4.33. The molecule has 0 aliphatic rings. The van der Waals surface area contributed by atoms with Crippen molar-refractivity contribution >= 4 is 38.5 Å². The fourth-order valence-corrected chi connectivity index (χ4v) is 3.36. The average molecular weight is 262 g/mol. The summed E-state index contributed by atoms with van der Waals surface area (Å²) in [6, 6.07) is 6.21. The summed E-state index contributed by atoms with van der Waals surface area (Å²) in [5, 5.41) is 2.46. The molecule has 4 heterocycles. The number of pyridine rings is 1. The Morgan fingerprint density at radius 1 is 1.15 bits per heavy atom. The molecular weight excluding hydrogens is 250 g/mol. The normalized spacial score (nSPS) is 12.5. The zero-order chi connectivity index (χ0) is 13.4. The average Bonchev–Trinajstić information content (AvgIpc) is 3.00. The highest BCUT2D eigenvalue weighted by atomic mass is 16.3. The first kappa shape index (κ1) is 10.2. The van der Waals surface area contributed by atoms with Crippen LogP contribution in [-0.2, 0) is 7.05 Å². The highest BCUT2D eigenvalue weighted by Crippen LogP contribution is 2.38. The van der Waals surface area contributed by atoms with Crippen LogP contribution in [0.25, 0.3) is 38.5 Å². The van der Waals surface area contributed by atoms with Crippen LogP contribution in [0.5, 0.6) is 0 Å². The van der Waals surface area contributed by atoms with E-state index in [1.165, 1.54) is 21.9 Å². The van der Waals surface area contributed by atoms with Gasteiger partial charge in [0.15, 0.2) is 17.3 Å². The lowest BCUT2D eigenvalue weighted by Crippen LogP contribution is -2.30. The van der Waals surface area contributed by atoms with Gasteiger partial charge in [0.2, 0.25) is 0 Å². The van der Waals surface area contributed by atoms with E-state index in [2.05, 4.69) is 39.2 Å². The first-order chi connectivity index (χ1) is 9.75. The molecule has 0 aliphatic carbocycles. The Morgan fingerprint density at radius 3 is 2.95 bits per heavy atom. The minimum Gasteiger partial charge on any atom is -0.454 e. The van der Waals surface area contributed by atoms with E-state index >= 15 is 0 Å². The van der Waals surface area contributed by atoms with Gasteiger partial charge in [-0.25, -0.2) is 4.57 Å². The Balaban J connectivity index is 2.35. The summed E-state index contributed by atoms with van der Waals surface area (Å²) in [7, 11) is 2.04. The topological polar surface area (TPSA) is 34.3 Å². The van der Waals surface area contributed by atoms with Crippen LogP contribution >= 0.6 is 0 Å². The molecule has 4 aromatic heterocycles. The molecule has 0 N–H and O–H groups in total. The van der Waals surface area contributed by atoms with Crippen molar-refractivity contribution in [1.29, 1.82) is 0 Å². The van der Waals surface area contributed by atoms with Crippen molar-refractivity contribution in [2.75, 3.05) is 0 Å². The first-order valence-electron chi connectivity index (χ1n) is 6.63. The summed E-state index contributed by atoms with van der Waals surface area (Å²) >= 11 is 0. The lowest BCUT2D eigenvalue weighted by molar-refractivity contribution is -0.647. The Bertz CT molecular complexity index is 1120. The smallest absolute Gasteiger partial charge is 0.286 e. The Labute approximate surface area is 114 Å². The number of aromatic nitrogens is 3. The molecule has 0 aliphatic heterocycles. The van der Waals surface area contributed by atoms with Gasteiger partial charge in [-0.2, -0.15) is 0 Å².